The van der Waals surface area contributed by atoms with Crippen LogP contribution in [0.2, 0.25) is 0 Å². The lowest BCUT2D eigenvalue weighted by Gasteiger charge is -2.31. The van der Waals surface area contributed by atoms with Crippen molar-refractivity contribution in [2.75, 3.05) is 10.7 Å². The van der Waals surface area contributed by atoms with Gasteiger partial charge in [-0.25, -0.2) is 0 Å². The van der Waals surface area contributed by atoms with Crippen LogP contribution in [0.5, 0.6) is 5.88 Å². The van der Waals surface area contributed by atoms with E-state index in [0.29, 0.717) is 41.1 Å². The summed E-state index contributed by atoms with van der Waals surface area (Å²) in [4.78, 5) is 20.0. The number of ether oxygens (including phenoxy) is 1. The SMILES string of the molecule is CCCC(=O)N1c2ccc(CC)cc2-c2nnc(SCCC(C)C)nc2OC1c1ccc(C#N)cc1. The minimum Gasteiger partial charge on any atom is -0.447 e. The molecule has 1 aliphatic heterocycles. The number of thioether (sulfide) groups is 1. The van der Waals surface area contributed by atoms with Crippen molar-refractivity contribution in [3.8, 4) is 23.2 Å². The van der Waals surface area contributed by atoms with Crippen LogP contribution in [0.15, 0.2) is 47.6 Å². The number of benzene rings is 2. The molecule has 7 nitrogen and oxygen atoms in total. The smallest absolute Gasteiger partial charge is 0.247 e. The van der Waals surface area contributed by atoms with Gasteiger partial charge in [0.25, 0.3) is 0 Å². The highest BCUT2D eigenvalue weighted by molar-refractivity contribution is 7.99. The van der Waals surface area contributed by atoms with Crippen LogP contribution in [-0.2, 0) is 11.2 Å². The number of nitrogens with zero attached hydrogens (tertiary/aromatic N) is 5. The molecule has 0 radical (unpaired) electrons. The van der Waals surface area contributed by atoms with Crippen molar-refractivity contribution in [3.63, 3.8) is 0 Å². The molecule has 0 N–H and O–H groups in total. The Bertz CT molecular complexity index is 1270. The number of rotatable bonds is 8. The minimum atomic E-state index is -0.755. The molecule has 3 aromatic rings. The Morgan fingerprint density at radius 3 is 2.61 bits per heavy atom. The van der Waals surface area contributed by atoms with Gasteiger partial charge < -0.3 is 4.74 Å². The Balaban J connectivity index is 1.87. The van der Waals surface area contributed by atoms with Crippen molar-refractivity contribution in [3.05, 3.63) is 59.2 Å². The first kappa shape index (κ1) is 25.6. The molecule has 186 valence electrons. The third-order valence-corrected chi connectivity index (χ3v) is 6.93. The molecule has 2 aromatic carbocycles. The zero-order valence-corrected chi connectivity index (χ0v) is 22.0. The van der Waals surface area contributed by atoms with Gasteiger partial charge in [-0.15, -0.1) is 10.2 Å². The molecule has 0 fully saturated rings. The first-order valence-electron chi connectivity index (χ1n) is 12.4. The van der Waals surface area contributed by atoms with Crippen LogP contribution in [0.3, 0.4) is 0 Å². The zero-order chi connectivity index (χ0) is 25.7. The Morgan fingerprint density at radius 1 is 1.17 bits per heavy atom. The first-order valence-corrected chi connectivity index (χ1v) is 13.4. The van der Waals surface area contributed by atoms with E-state index in [-0.39, 0.29) is 5.91 Å². The summed E-state index contributed by atoms with van der Waals surface area (Å²) in [5.41, 5.74) is 4.44. The van der Waals surface area contributed by atoms with Crippen molar-refractivity contribution in [2.24, 2.45) is 5.92 Å². The van der Waals surface area contributed by atoms with Crippen molar-refractivity contribution >= 4 is 23.4 Å². The number of aryl methyl sites for hydroxylation is 1. The van der Waals surface area contributed by atoms with E-state index in [4.69, 9.17) is 9.72 Å². The van der Waals surface area contributed by atoms with Crippen LogP contribution in [0, 0.1) is 17.2 Å². The number of hydrogen-bond donors (Lipinski definition) is 0. The summed E-state index contributed by atoms with van der Waals surface area (Å²) < 4.78 is 6.52. The molecular weight excluding hydrogens is 470 g/mol. The second-order valence-corrected chi connectivity index (χ2v) is 10.3. The van der Waals surface area contributed by atoms with Crippen molar-refractivity contribution < 1.29 is 9.53 Å². The van der Waals surface area contributed by atoms with Crippen LogP contribution < -0.4 is 9.64 Å². The molecule has 2 heterocycles. The molecule has 8 heteroatoms. The highest BCUT2D eigenvalue weighted by atomic mass is 32.2. The predicted molar refractivity (Wildman–Crippen MR) is 142 cm³/mol. The maximum absolute atomic E-state index is 13.5. The number of aromatic nitrogens is 3. The minimum absolute atomic E-state index is 0.0512. The maximum Gasteiger partial charge on any atom is 0.247 e. The third kappa shape index (κ3) is 5.52. The molecule has 0 aliphatic carbocycles. The van der Waals surface area contributed by atoms with E-state index in [9.17, 15) is 10.1 Å². The van der Waals surface area contributed by atoms with Crippen molar-refractivity contribution in [1.82, 2.24) is 15.2 Å². The average molecular weight is 502 g/mol. The molecule has 0 saturated heterocycles. The molecule has 1 unspecified atom stereocenters. The van der Waals surface area contributed by atoms with Gasteiger partial charge in [-0.1, -0.05) is 57.7 Å². The number of nitriles is 1. The molecule has 1 aromatic heterocycles. The highest BCUT2D eigenvalue weighted by Crippen LogP contribution is 2.44. The predicted octanol–water partition coefficient (Wildman–Crippen LogP) is 6.34. The maximum atomic E-state index is 13.5. The van der Waals surface area contributed by atoms with Crippen molar-refractivity contribution in [2.45, 2.75) is 64.8 Å². The van der Waals surface area contributed by atoms with Gasteiger partial charge in [0, 0.05) is 23.3 Å². The molecule has 1 atom stereocenters. The van der Waals surface area contributed by atoms with Crippen LogP contribution >= 0.6 is 11.8 Å². The summed E-state index contributed by atoms with van der Waals surface area (Å²) in [5.74, 6) is 1.77. The normalized spacial score (nSPS) is 14.4. The number of hydrogen-bond acceptors (Lipinski definition) is 7. The summed E-state index contributed by atoms with van der Waals surface area (Å²) in [6, 6.07) is 15.3. The van der Waals surface area contributed by atoms with Gasteiger partial charge >= 0.3 is 0 Å². The van der Waals surface area contributed by atoms with Gasteiger partial charge in [0.1, 0.15) is 0 Å². The first-order chi connectivity index (χ1) is 17.4. The summed E-state index contributed by atoms with van der Waals surface area (Å²) in [6.07, 6.45) is 2.21. The van der Waals surface area contributed by atoms with E-state index in [1.807, 2.05) is 37.3 Å². The zero-order valence-electron chi connectivity index (χ0n) is 21.2. The van der Waals surface area contributed by atoms with Gasteiger partial charge in [-0.3, -0.25) is 9.69 Å². The number of amides is 1. The lowest BCUT2D eigenvalue weighted by atomic mass is 10.0. The molecule has 0 spiro atoms. The fourth-order valence-corrected chi connectivity index (χ4v) is 5.04. The van der Waals surface area contributed by atoms with Crippen molar-refractivity contribution in [1.29, 1.82) is 5.26 Å². The average Bonchev–Trinajstić information content (AvgIpc) is 3.02. The van der Waals surface area contributed by atoms with Gasteiger partial charge in [-0.2, -0.15) is 10.2 Å². The monoisotopic (exact) mass is 501 g/mol. The van der Waals surface area contributed by atoms with E-state index in [2.05, 4.69) is 37.0 Å². The molecule has 0 saturated carbocycles. The number of carbonyl (C=O) groups is 1. The summed E-state index contributed by atoms with van der Waals surface area (Å²) in [7, 11) is 0. The van der Waals surface area contributed by atoms with Crippen LogP contribution in [0.1, 0.15) is 69.9 Å². The highest BCUT2D eigenvalue weighted by Gasteiger charge is 2.35. The molecule has 4 rings (SSSR count). The Labute approximate surface area is 216 Å². The van der Waals surface area contributed by atoms with Crippen LogP contribution in [-0.4, -0.2) is 26.8 Å². The van der Waals surface area contributed by atoms with E-state index in [1.54, 1.807) is 28.8 Å². The summed E-state index contributed by atoms with van der Waals surface area (Å²) >= 11 is 1.55. The number of carbonyl (C=O) groups excluding carboxylic acids is 1. The fourth-order valence-electron chi connectivity index (χ4n) is 4.02. The lowest BCUT2D eigenvalue weighted by Crippen LogP contribution is -2.37. The Hall–Kier alpha value is -3.44. The summed E-state index contributed by atoms with van der Waals surface area (Å²) in [5, 5.41) is 18.8. The van der Waals surface area contributed by atoms with Gasteiger partial charge in [-0.05, 0) is 55.0 Å². The molecule has 1 amide bonds. The van der Waals surface area contributed by atoms with E-state index >= 15 is 0 Å². The van der Waals surface area contributed by atoms with E-state index in [1.165, 1.54) is 0 Å². The van der Waals surface area contributed by atoms with Crippen LogP contribution in [0.4, 0.5) is 5.69 Å². The molecular formula is C28H31N5O2S. The third-order valence-electron chi connectivity index (χ3n) is 6.06. The summed E-state index contributed by atoms with van der Waals surface area (Å²) in [6.45, 7) is 8.45. The van der Waals surface area contributed by atoms with Gasteiger partial charge in [0.2, 0.25) is 23.2 Å². The standard InChI is InChI=1S/C28H31N5O2S/c1-5-7-24(34)33-23-13-10-19(6-2)16-22(23)25-26(30-28(32-31-25)36-15-14-18(3)4)35-27(33)21-11-8-20(17-29)9-12-21/h8-13,16,18,27H,5-7,14-15H2,1-4H3. The molecule has 1 aliphatic rings. The molecule has 0 bridgehead atoms. The van der Waals surface area contributed by atoms with Gasteiger partial charge in [0.05, 0.1) is 17.3 Å². The quantitative estimate of drug-likeness (QED) is 0.333. The fraction of sp³-hybridized carbons (Fsp3) is 0.393. The largest absolute Gasteiger partial charge is 0.447 e. The van der Waals surface area contributed by atoms with Crippen LogP contribution in [0.25, 0.3) is 11.3 Å². The second-order valence-electron chi connectivity index (χ2n) is 9.20. The Kier molecular flexibility index (Phi) is 8.21. The number of anilines is 1. The van der Waals surface area contributed by atoms with E-state index < -0.39 is 6.23 Å². The lowest BCUT2D eigenvalue weighted by molar-refractivity contribution is -0.120. The number of fused-ring (bicyclic) bond motifs is 3. The topological polar surface area (TPSA) is 92.0 Å². The molecule has 36 heavy (non-hydrogen) atoms. The second kappa shape index (κ2) is 11.5. The van der Waals surface area contributed by atoms with E-state index in [0.717, 1.165) is 41.0 Å². The van der Waals surface area contributed by atoms with Gasteiger partial charge in [0.15, 0.2) is 5.69 Å². The Morgan fingerprint density at radius 2 is 1.94 bits per heavy atom.